The number of rotatable bonds is 5. The molecule has 2 aliphatic carbocycles. The fraction of sp³-hybridized carbons (Fsp3) is 0.481. The van der Waals surface area contributed by atoms with E-state index in [4.69, 9.17) is 0 Å². The second kappa shape index (κ2) is 7.72. The van der Waals surface area contributed by atoms with Crippen molar-refractivity contribution in [2.45, 2.75) is 38.5 Å². The molecule has 5 heteroatoms. The van der Waals surface area contributed by atoms with Crippen molar-refractivity contribution in [3.8, 4) is 11.1 Å². The van der Waals surface area contributed by atoms with Gasteiger partial charge in [0, 0.05) is 38.7 Å². The van der Waals surface area contributed by atoms with Crippen molar-refractivity contribution in [2.75, 3.05) is 27.2 Å². The molecule has 5 rings (SSSR count). The molecule has 0 bridgehead atoms. The van der Waals surface area contributed by atoms with Crippen molar-refractivity contribution in [3.05, 3.63) is 59.9 Å². The molecular formula is C27H31FN2O2. The third-order valence-corrected chi connectivity index (χ3v) is 8.07. The van der Waals surface area contributed by atoms with E-state index in [1.165, 1.54) is 25.3 Å². The monoisotopic (exact) mass is 434 g/mol. The first-order valence-corrected chi connectivity index (χ1v) is 11.7. The molecule has 1 heterocycles. The zero-order chi connectivity index (χ0) is 22.5. The molecule has 2 atom stereocenters. The lowest BCUT2D eigenvalue weighted by Gasteiger charge is -2.32. The number of carbonyl (C=O) groups is 2. The van der Waals surface area contributed by atoms with E-state index < -0.39 is 5.41 Å². The van der Waals surface area contributed by atoms with Crippen LogP contribution in [0.1, 0.15) is 37.7 Å². The summed E-state index contributed by atoms with van der Waals surface area (Å²) in [5, 5.41) is 0. The maximum atomic E-state index is 14.6. The zero-order valence-corrected chi connectivity index (χ0v) is 18.9. The Morgan fingerprint density at radius 2 is 1.72 bits per heavy atom. The maximum absolute atomic E-state index is 14.6. The van der Waals surface area contributed by atoms with Gasteiger partial charge in [-0.2, -0.15) is 0 Å². The second-order valence-electron chi connectivity index (χ2n) is 10.3. The number of carbonyl (C=O) groups excluding carboxylic acids is 2. The highest BCUT2D eigenvalue weighted by Crippen LogP contribution is 2.66. The lowest BCUT2D eigenvalue weighted by Crippen LogP contribution is -2.45. The average Bonchev–Trinajstić information content (AvgIpc) is 3.41. The number of hydrogen-bond acceptors (Lipinski definition) is 2. The van der Waals surface area contributed by atoms with Crippen LogP contribution in [0.25, 0.3) is 11.1 Å². The molecule has 1 spiro atoms. The van der Waals surface area contributed by atoms with Crippen molar-refractivity contribution < 1.29 is 14.0 Å². The predicted molar refractivity (Wildman–Crippen MR) is 122 cm³/mol. The van der Waals surface area contributed by atoms with E-state index >= 15 is 0 Å². The van der Waals surface area contributed by atoms with Gasteiger partial charge in [-0.3, -0.25) is 9.59 Å². The Morgan fingerprint density at radius 1 is 1.03 bits per heavy atom. The molecule has 1 saturated heterocycles. The number of halogens is 1. The van der Waals surface area contributed by atoms with Crippen molar-refractivity contribution in [2.24, 2.45) is 16.7 Å². The Kier molecular flexibility index (Phi) is 5.11. The summed E-state index contributed by atoms with van der Waals surface area (Å²) in [7, 11) is 3.56. The summed E-state index contributed by atoms with van der Waals surface area (Å²) >= 11 is 0. The number of nitrogens with zero attached hydrogens (tertiary/aromatic N) is 2. The summed E-state index contributed by atoms with van der Waals surface area (Å²) in [6, 6.07) is 14.5. The summed E-state index contributed by atoms with van der Waals surface area (Å²) in [5.74, 6) is 0.175. The summed E-state index contributed by atoms with van der Waals surface area (Å²) in [4.78, 5) is 30.3. The van der Waals surface area contributed by atoms with Gasteiger partial charge in [-0.05, 0) is 54.7 Å². The molecule has 4 nitrogen and oxygen atoms in total. The molecule has 0 radical (unpaired) electrons. The standard InChI is InChI=1S/C27H31FN2O2/c1-29(2)25(32)27(14-15-30(18-27)24(31)22-17-26(22)12-7-13-26)16-19-8-3-4-9-20(19)21-10-5-6-11-23(21)28/h3-6,8-11,22H,7,12-18H2,1-2H3/t22-,27+/m0/s1. The van der Waals surface area contributed by atoms with E-state index in [1.54, 1.807) is 31.1 Å². The van der Waals surface area contributed by atoms with E-state index in [1.807, 2.05) is 35.2 Å². The van der Waals surface area contributed by atoms with Crippen molar-refractivity contribution in [1.82, 2.24) is 9.80 Å². The molecule has 32 heavy (non-hydrogen) atoms. The van der Waals surface area contributed by atoms with Crippen LogP contribution >= 0.6 is 0 Å². The molecule has 1 aliphatic heterocycles. The lowest BCUT2D eigenvalue weighted by atomic mass is 9.77. The Bertz CT molecular complexity index is 1060. The predicted octanol–water partition coefficient (Wildman–Crippen LogP) is 4.53. The fourth-order valence-corrected chi connectivity index (χ4v) is 6.01. The van der Waals surface area contributed by atoms with Crippen LogP contribution in [0, 0.1) is 22.6 Å². The van der Waals surface area contributed by atoms with E-state index in [0.29, 0.717) is 31.5 Å². The minimum absolute atomic E-state index is 0.0466. The number of hydrogen-bond donors (Lipinski definition) is 0. The maximum Gasteiger partial charge on any atom is 0.230 e. The summed E-state index contributed by atoms with van der Waals surface area (Å²) in [6.45, 7) is 1.06. The first-order chi connectivity index (χ1) is 15.4. The number of benzene rings is 2. The van der Waals surface area contributed by atoms with E-state index in [-0.39, 0.29) is 29.0 Å². The van der Waals surface area contributed by atoms with E-state index in [0.717, 1.165) is 17.5 Å². The van der Waals surface area contributed by atoms with Crippen LogP contribution < -0.4 is 0 Å². The van der Waals surface area contributed by atoms with E-state index in [9.17, 15) is 14.0 Å². The smallest absolute Gasteiger partial charge is 0.230 e. The van der Waals surface area contributed by atoms with Crippen LogP contribution in [-0.4, -0.2) is 48.8 Å². The largest absolute Gasteiger partial charge is 0.348 e. The first-order valence-electron chi connectivity index (χ1n) is 11.7. The molecule has 0 aromatic heterocycles. The van der Waals surface area contributed by atoms with Gasteiger partial charge < -0.3 is 9.80 Å². The highest BCUT2D eigenvalue weighted by Gasteiger charge is 2.62. The van der Waals surface area contributed by atoms with Crippen LogP contribution in [0.15, 0.2) is 48.5 Å². The van der Waals surface area contributed by atoms with Gasteiger partial charge in [0.05, 0.1) is 5.41 Å². The van der Waals surface area contributed by atoms with E-state index in [2.05, 4.69) is 0 Å². The third-order valence-electron chi connectivity index (χ3n) is 8.07. The summed E-state index contributed by atoms with van der Waals surface area (Å²) in [6.07, 6.45) is 5.74. The van der Waals surface area contributed by atoms with Gasteiger partial charge in [-0.15, -0.1) is 0 Å². The van der Waals surface area contributed by atoms with Gasteiger partial charge in [0.1, 0.15) is 5.82 Å². The Labute approximate surface area is 189 Å². The molecule has 2 aromatic rings. The van der Waals surface area contributed by atoms with Crippen LogP contribution in [0.4, 0.5) is 4.39 Å². The quantitative estimate of drug-likeness (QED) is 0.694. The molecule has 0 unspecified atom stereocenters. The molecular weight excluding hydrogens is 403 g/mol. The molecule has 2 saturated carbocycles. The summed E-state index contributed by atoms with van der Waals surface area (Å²) < 4.78 is 14.6. The normalized spacial score (nSPS) is 25.5. The van der Waals surface area contributed by atoms with Gasteiger partial charge >= 0.3 is 0 Å². The topological polar surface area (TPSA) is 40.6 Å². The van der Waals surface area contributed by atoms with Gasteiger partial charge in [0.25, 0.3) is 0 Å². The molecule has 2 aromatic carbocycles. The minimum atomic E-state index is -0.678. The SMILES string of the molecule is CN(C)C(=O)[C@@]1(Cc2ccccc2-c2ccccc2F)CCN(C(=O)[C@@H]2CC23CCC3)C1. The highest BCUT2D eigenvalue weighted by molar-refractivity contribution is 5.88. The fourth-order valence-electron chi connectivity index (χ4n) is 6.01. The van der Waals surface area contributed by atoms with Gasteiger partial charge in [0.2, 0.25) is 11.8 Å². The molecule has 2 amide bonds. The van der Waals surface area contributed by atoms with Crippen LogP contribution in [0.3, 0.4) is 0 Å². The lowest BCUT2D eigenvalue weighted by molar-refractivity contribution is -0.140. The third kappa shape index (κ3) is 3.42. The van der Waals surface area contributed by atoms with Crippen LogP contribution in [-0.2, 0) is 16.0 Å². The van der Waals surface area contributed by atoms with Crippen molar-refractivity contribution in [3.63, 3.8) is 0 Å². The van der Waals surface area contributed by atoms with Crippen molar-refractivity contribution >= 4 is 11.8 Å². The second-order valence-corrected chi connectivity index (χ2v) is 10.3. The minimum Gasteiger partial charge on any atom is -0.348 e. The molecule has 168 valence electrons. The molecule has 0 N–H and O–H groups in total. The highest BCUT2D eigenvalue weighted by atomic mass is 19.1. The van der Waals surface area contributed by atoms with Gasteiger partial charge in [-0.1, -0.05) is 48.9 Å². The first kappa shape index (κ1) is 21.2. The van der Waals surface area contributed by atoms with Gasteiger partial charge in [0.15, 0.2) is 0 Å². The Hall–Kier alpha value is -2.69. The number of likely N-dealkylation sites (tertiary alicyclic amines) is 1. The Morgan fingerprint density at radius 3 is 2.34 bits per heavy atom. The average molecular weight is 435 g/mol. The van der Waals surface area contributed by atoms with Crippen LogP contribution in [0.2, 0.25) is 0 Å². The van der Waals surface area contributed by atoms with Gasteiger partial charge in [-0.25, -0.2) is 4.39 Å². The van der Waals surface area contributed by atoms with Crippen LogP contribution in [0.5, 0.6) is 0 Å². The Balaban J connectivity index is 1.44. The zero-order valence-electron chi connectivity index (χ0n) is 18.9. The number of amides is 2. The molecule has 3 aliphatic rings. The molecule has 3 fully saturated rings. The van der Waals surface area contributed by atoms with Crippen molar-refractivity contribution in [1.29, 1.82) is 0 Å². The summed E-state index contributed by atoms with van der Waals surface area (Å²) in [5.41, 5.74) is 1.92.